The SMILES string of the molecule is CC1CN(C(=O)c2ccc(CN(C)C)cc2)CCC1O. The van der Waals surface area contributed by atoms with Crippen molar-refractivity contribution in [3.8, 4) is 0 Å². The van der Waals surface area contributed by atoms with Crippen LogP contribution >= 0.6 is 0 Å². The van der Waals surface area contributed by atoms with E-state index in [9.17, 15) is 9.90 Å². The van der Waals surface area contributed by atoms with Crippen LogP contribution in [0.5, 0.6) is 0 Å². The Balaban J connectivity index is 2.02. The Hall–Kier alpha value is -1.39. The molecule has 0 saturated carbocycles. The van der Waals surface area contributed by atoms with Crippen molar-refractivity contribution in [3.63, 3.8) is 0 Å². The molecule has 0 bridgehead atoms. The van der Waals surface area contributed by atoms with Crippen molar-refractivity contribution in [1.82, 2.24) is 9.80 Å². The Morgan fingerprint density at radius 1 is 1.35 bits per heavy atom. The average Bonchev–Trinajstić information content (AvgIpc) is 2.41. The van der Waals surface area contributed by atoms with Crippen molar-refractivity contribution >= 4 is 5.91 Å². The highest BCUT2D eigenvalue weighted by atomic mass is 16.3. The van der Waals surface area contributed by atoms with Gasteiger partial charge < -0.3 is 14.9 Å². The molecule has 1 aliphatic heterocycles. The van der Waals surface area contributed by atoms with Crippen molar-refractivity contribution in [2.45, 2.75) is 26.0 Å². The second kappa shape index (κ2) is 6.37. The Kier molecular flexibility index (Phi) is 4.78. The molecular formula is C16H24N2O2. The van der Waals surface area contributed by atoms with Gasteiger partial charge in [0.25, 0.3) is 5.91 Å². The van der Waals surface area contributed by atoms with Crippen molar-refractivity contribution in [2.75, 3.05) is 27.2 Å². The molecule has 1 aromatic carbocycles. The molecule has 1 fully saturated rings. The Bertz CT molecular complexity index is 456. The summed E-state index contributed by atoms with van der Waals surface area (Å²) in [5.41, 5.74) is 1.94. The molecule has 4 nitrogen and oxygen atoms in total. The highest BCUT2D eigenvalue weighted by Crippen LogP contribution is 2.19. The zero-order chi connectivity index (χ0) is 14.7. The second-order valence-corrected chi connectivity index (χ2v) is 6.02. The van der Waals surface area contributed by atoms with Crippen LogP contribution in [0.25, 0.3) is 0 Å². The molecular weight excluding hydrogens is 252 g/mol. The van der Waals surface area contributed by atoms with Crippen LogP contribution in [0.1, 0.15) is 29.3 Å². The molecule has 0 aromatic heterocycles. The average molecular weight is 276 g/mol. The van der Waals surface area contributed by atoms with Gasteiger partial charge in [0, 0.05) is 25.2 Å². The smallest absolute Gasteiger partial charge is 0.253 e. The van der Waals surface area contributed by atoms with Crippen molar-refractivity contribution in [3.05, 3.63) is 35.4 Å². The minimum Gasteiger partial charge on any atom is -0.393 e. The predicted octanol–water partition coefficient (Wildman–Crippen LogP) is 1.59. The summed E-state index contributed by atoms with van der Waals surface area (Å²) < 4.78 is 0. The number of likely N-dealkylation sites (tertiary alicyclic amines) is 1. The lowest BCUT2D eigenvalue weighted by atomic mass is 9.96. The fourth-order valence-electron chi connectivity index (χ4n) is 2.62. The zero-order valence-electron chi connectivity index (χ0n) is 12.5. The van der Waals surface area contributed by atoms with E-state index in [1.165, 1.54) is 5.56 Å². The van der Waals surface area contributed by atoms with Gasteiger partial charge in [0.05, 0.1) is 6.10 Å². The van der Waals surface area contributed by atoms with Gasteiger partial charge in [-0.2, -0.15) is 0 Å². The van der Waals surface area contributed by atoms with Crippen LogP contribution in [-0.2, 0) is 6.54 Å². The maximum atomic E-state index is 12.4. The highest BCUT2D eigenvalue weighted by Gasteiger charge is 2.27. The van der Waals surface area contributed by atoms with Gasteiger partial charge in [0.2, 0.25) is 0 Å². The van der Waals surface area contributed by atoms with Crippen molar-refractivity contribution in [1.29, 1.82) is 0 Å². The van der Waals surface area contributed by atoms with E-state index in [1.807, 2.05) is 50.2 Å². The number of carbonyl (C=O) groups excluding carboxylic acids is 1. The molecule has 1 aromatic rings. The lowest BCUT2D eigenvalue weighted by Gasteiger charge is -2.34. The van der Waals surface area contributed by atoms with Crippen LogP contribution in [-0.4, -0.2) is 54.1 Å². The number of amides is 1. The fraction of sp³-hybridized carbons (Fsp3) is 0.562. The fourth-order valence-corrected chi connectivity index (χ4v) is 2.62. The first-order valence-electron chi connectivity index (χ1n) is 7.18. The van der Waals surface area contributed by atoms with Gasteiger partial charge in [-0.3, -0.25) is 4.79 Å². The number of nitrogens with zero attached hydrogens (tertiary/aromatic N) is 2. The van der Waals surface area contributed by atoms with Crippen LogP contribution in [0.3, 0.4) is 0 Å². The van der Waals surface area contributed by atoms with Gasteiger partial charge in [-0.05, 0) is 44.1 Å². The Morgan fingerprint density at radius 3 is 2.55 bits per heavy atom. The van der Waals surface area contributed by atoms with Gasteiger partial charge >= 0.3 is 0 Å². The van der Waals surface area contributed by atoms with Gasteiger partial charge in [-0.1, -0.05) is 19.1 Å². The first-order chi connectivity index (χ1) is 9.47. The summed E-state index contributed by atoms with van der Waals surface area (Å²) in [6.07, 6.45) is 0.396. The predicted molar refractivity (Wildman–Crippen MR) is 79.5 cm³/mol. The molecule has 1 amide bonds. The van der Waals surface area contributed by atoms with Crippen molar-refractivity contribution in [2.24, 2.45) is 5.92 Å². The third-order valence-electron chi connectivity index (χ3n) is 3.85. The molecule has 0 aliphatic carbocycles. The summed E-state index contributed by atoms with van der Waals surface area (Å²) in [6.45, 7) is 4.15. The first kappa shape index (κ1) is 15.0. The van der Waals surface area contributed by atoms with Gasteiger partial charge in [-0.15, -0.1) is 0 Å². The van der Waals surface area contributed by atoms with Crippen molar-refractivity contribution < 1.29 is 9.90 Å². The van der Waals surface area contributed by atoms with Crippen LogP contribution in [0.4, 0.5) is 0 Å². The van der Waals surface area contributed by atoms with E-state index >= 15 is 0 Å². The Morgan fingerprint density at radius 2 is 2.00 bits per heavy atom. The number of aliphatic hydroxyl groups excluding tert-OH is 1. The molecule has 1 heterocycles. The topological polar surface area (TPSA) is 43.8 Å². The number of aliphatic hydroxyl groups is 1. The molecule has 20 heavy (non-hydrogen) atoms. The normalized spacial score (nSPS) is 23.1. The molecule has 0 radical (unpaired) electrons. The monoisotopic (exact) mass is 276 g/mol. The summed E-state index contributed by atoms with van der Waals surface area (Å²) in [6, 6.07) is 7.82. The largest absolute Gasteiger partial charge is 0.393 e. The molecule has 4 heteroatoms. The second-order valence-electron chi connectivity index (χ2n) is 6.02. The number of hydrogen-bond donors (Lipinski definition) is 1. The van der Waals surface area contributed by atoms with E-state index in [-0.39, 0.29) is 17.9 Å². The van der Waals surface area contributed by atoms with Gasteiger partial charge in [0.1, 0.15) is 0 Å². The summed E-state index contributed by atoms with van der Waals surface area (Å²) in [5, 5.41) is 9.73. The van der Waals surface area contributed by atoms with E-state index in [1.54, 1.807) is 0 Å². The lowest BCUT2D eigenvalue weighted by Crippen LogP contribution is -2.44. The standard InChI is InChI=1S/C16H24N2O2/c1-12-10-18(9-8-15(12)19)16(20)14-6-4-13(5-7-14)11-17(2)3/h4-7,12,15,19H,8-11H2,1-3H3. The van der Waals surface area contributed by atoms with E-state index in [0.29, 0.717) is 19.5 Å². The first-order valence-corrected chi connectivity index (χ1v) is 7.18. The van der Waals surface area contributed by atoms with E-state index in [2.05, 4.69) is 4.90 Å². The van der Waals surface area contributed by atoms with E-state index in [4.69, 9.17) is 0 Å². The lowest BCUT2D eigenvalue weighted by molar-refractivity contribution is 0.0297. The number of piperidine rings is 1. The molecule has 1 saturated heterocycles. The Labute approximate surface area is 121 Å². The van der Waals surface area contributed by atoms with E-state index in [0.717, 1.165) is 12.1 Å². The minimum absolute atomic E-state index is 0.0696. The van der Waals surface area contributed by atoms with Crippen LogP contribution < -0.4 is 0 Å². The number of carbonyl (C=O) groups is 1. The molecule has 0 spiro atoms. The van der Waals surface area contributed by atoms with Crippen LogP contribution in [0.2, 0.25) is 0 Å². The summed E-state index contributed by atoms with van der Waals surface area (Å²) in [5.74, 6) is 0.223. The number of rotatable bonds is 3. The minimum atomic E-state index is -0.276. The quantitative estimate of drug-likeness (QED) is 0.912. The third kappa shape index (κ3) is 3.58. The van der Waals surface area contributed by atoms with Gasteiger partial charge in [-0.25, -0.2) is 0 Å². The summed E-state index contributed by atoms with van der Waals surface area (Å²) in [4.78, 5) is 16.4. The summed E-state index contributed by atoms with van der Waals surface area (Å²) in [7, 11) is 4.05. The molecule has 110 valence electrons. The molecule has 2 atom stereocenters. The highest BCUT2D eigenvalue weighted by molar-refractivity contribution is 5.94. The maximum Gasteiger partial charge on any atom is 0.253 e. The van der Waals surface area contributed by atoms with Crippen LogP contribution in [0, 0.1) is 5.92 Å². The van der Waals surface area contributed by atoms with Crippen LogP contribution in [0.15, 0.2) is 24.3 Å². The number of benzene rings is 1. The summed E-state index contributed by atoms with van der Waals surface area (Å²) >= 11 is 0. The third-order valence-corrected chi connectivity index (χ3v) is 3.85. The molecule has 1 aliphatic rings. The van der Waals surface area contributed by atoms with E-state index < -0.39 is 0 Å². The van der Waals surface area contributed by atoms with Gasteiger partial charge in [0.15, 0.2) is 0 Å². The number of hydrogen-bond acceptors (Lipinski definition) is 3. The zero-order valence-corrected chi connectivity index (χ0v) is 12.5. The molecule has 1 N–H and O–H groups in total. The maximum absolute atomic E-state index is 12.4. The molecule has 2 unspecified atom stereocenters. The molecule has 2 rings (SSSR count).